The van der Waals surface area contributed by atoms with Crippen molar-refractivity contribution >= 4 is 17.6 Å². The Hall–Kier alpha value is -1.96. The highest BCUT2D eigenvalue weighted by atomic mass is 35.5. The van der Waals surface area contributed by atoms with Crippen LogP contribution in [0, 0.1) is 0 Å². The van der Waals surface area contributed by atoms with Gasteiger partial charge in [0.2, 0.25) is 5.88 Å². The number of pyridine rings is 1. The summed E-state index contributed by atoms with van der Waals surface area (Å²) in [5.41, 5.74) is -0.919. The molecule has 0 atom stereocenters. The summed E-state index contributed by atoms with van der Waals surface area (Å²) in [6.45, 7) is 4.64. The summed E-state index contributed by atoms with van der Waals surface area (Å²) < 4.78 is 42.6. The maximum Gasteiger partial charge on any atom is 0.417 e. The van der Waals surface area contributed by atoms with Crippen LogP contribution < -0.4 is 15.4 Å². The Kier molecular flexibility index (Phi) is 6.97. The first-order valence-corrected chi connectivity index (χ1v) is 6.67. The van der Waals surface area contributed by atoms with E-state index in [0.29, 0.717) is 25.2 Å². The monoisotopic (exact) mass is 336 g/mol. The maximum absolute atomic E-state index is 12.5. The molecular formula is C13H16ClF3N4O. The Bertz CT molecular complexity index is 535. The van der Waals surface area contributed by atoms with Gasteiger partial charge in [0, 0.05) is 19.8 Å². The lowest BCUT2D eigenvalue weighted by Crippen LogP contribution is -2.39. The fourth-order valence-corrected chi connectivity index (χ4v) is 1.61. The van der Waals surface area contributed by atoms with Crippen LogP contribution in [0.2, 0.25) is 5.02 Å². The zero-order valence-corrected chi connectivity index (χ0v) is 12.6. The standard InChI is InChI=1S/C13H16ClF3N4O/c1-3-4-19-12(18-2)20-5-6-22-11-10(14)7-9(8-21-11)13(15,16)17/h3,7-8H,1,4-6H2,2H3,(H2,18,19,20). The fraction of sp³-hybridized carbons (Fsp3) is 0.385. The minimum atomic E-state index is -4.49. The summed E-state index contributed by atoms with van der Waals surface area (Å²) >= 11 is 5.72. The number of ether oxygens (including phenoxy) is 1. The van der Waals surface area contributed by atoms with Gasteiger partial charge >= 0.3 is 6.18 Å². The lowest BCUT2D eigenvalue weighted by atomic mass is 10.3. The molecule has 1 heterocycles. The predicted molar refractivity (Wildman–Crippen MR) is 79.3 cm³/mol. The van der Waals surface area contributed by atoms with Gasteiger partial charge in [-0.3, -0.25) is 4.99 Å². The molecule has 0 bridgehead atoms. The third-order valence-electron chi connectivity index (χ3n) is 2.41. The summed E-state index contributed by atoms with van der Waals surface area (Å²) in [4.78, 5) is 7.52. The van der Waals surface area contributed by atoms with Crippen LogP contribution >= 0.6 is 11.6 Å². The number of aromatic nitrogens is 1. The average Bonchev–Trinajstić information content (AvgIpc) is 2.46. The van der Waals surface area contributed by atoms with Gasteiger partial charge in [0.1, 0.15) is 11.6 Å². The normalized spacial score (nSPS) is 12.0. The Labute approximate surface area is 131 Å². The largest absolute Gasteiger partial charge is 0.475 e. The smallest absolute Gasteiger partial charge is 0.417 e. The van der Waals surface area contributed by atoms with Gasteiger partial charge < -0.3 is 15.4 Å². The van der Waals surface area contributed by atoms with Crippen LogP contribution in [-0.4, -0.2) is 37.7 Å². The molecule has 0 aliphatic carbocycles. The predicted octanol–water partition coefficient (Wildman–Crippen LogP) is 2.48. The van der Waals surface area contributed by atoms with Crippen LogP contribution in [0.4, 0.5) is 13.2 Å². The van der Waals surface area contributed by atoms with Gasteiger partial charge in [-0.25, -0.2) is 4.98 Å². The van der Waals surface area contributed by atoms with Gasteiger partial charge in [0.15, 0.2) is 5.96 Å². The molecule has 0 aliphatic rings. The highest BCUT2D eigenvalue weighted by Crippen LogP contribution is 2.32. The van der Waals surface area contributed by atoms with Crippen LogP contribution in [0.15, 0.2) is 29.9 Å². The van der Waals surface area contributed by atoms with E-state index in [-0.39, 0.29) is 17.5 Å². The Morgan fingerprint density at radius 1 is 1.50 bits per heavy atom. The van der Waals surface area contributed by atoms with Gasteiger partial charge in [-0.1, -0.05) is 17.7 Å². The molecule has 0 spiro atoms. The fourth-order valence-electron chi connectivity index (χ4n) is 1.39. The number of rotatable bonds is 6. The third kappa shape index (κ3) is 5.80. The lowest BCUT2D eigenvalue weighted by Gasteiger charge is -2.12. The van der Waals surface area contributed by atoms with Crippen molar-refractivity contribution in [3.63, 3.8) is 0 Å². The first kappa shape index (κ1) is 18.1. The van der Waals surface area contributed by atoms with Crippen molar-refractivity contribution in [2.75, 3.05) is 26.7 Å². The van der Waals surface area contributed by atoms with E-state index in [1.807, 2.05) is 0 Å². The third-order valence-corrected chi connectivity index (χ3v) is 2.68. The number of halogens is 4. The molecule has 2 N–H and O–H groups in total. The summed E-state index contributed by atoms with van der Waals surface area (Å²) in [5, 5.41) is 5.71. The molecule has 0 radical (unpaired) electrons. The van der Waals surface area contributed by atoms with Crippen molar-refractivity contribution in [3.8, 4) is 5.88 Å². The Morgan fingerprint density at radius 3 is 2.77 bits per heavy atom. The van der Waals surface area contributed by atoms with Crippen LogP contribution in [0.1, 0.15) is 5.56 Å². The summed E-state index contributed by atoms with van der Waals surface area (Å²) in [6, 6.07) is 0.780. The number of hydrogen-bond donors (Lipinski definition) is 2. The summed E-state index contributed by atoms with van der Waals surface area (Å²) in [5.74, 6) is 0.500. The minimum absolute atomic E-state index is 0.0505. The van der Waals surface area contributed by atoms with Gasteiger partial charge in [0.25, 0.3) is 0 Å². The Morgan fingerprint density at radius 2 is 2.23 bits per heavy atom. The second-order valence-corrected chi connectivity index (χ2v) is 4.43. The molecule has 1 rings (SSSR count). The SMILES string of the molecule is C=CCNC(=NC)NCCOc1ncc(C(F)(F)F)cc1Cl. The van der Waals surface area contributed by atoms with E-state index in [1.165, 1.54) is 0 Å². The van der Waals surface area contributed by atoms with Gasteiger partial charge in [-0.05, 0) is 6.07 Å². The number of nitrogens with zero attached hydrogens (tertiary/aromatic N) is 2. The molecular weight excluding hydrogens is 321 g/mol. The van der Waals surface area contributed by atoms with E-state index in [2.05, 4.69) is 27.2 Å². The number of guanidine groups is 1. The topological polar surface area (TPSA) is 58.5 Å². The van der Waals surface area contributed by atoms with Gasteiger partial charge in [0.05, 0.1) is 12.1 Å². The molecule has 0 fully saturated rings. The molecule has 0 saturated heterocycles. The van der Waals surface area contributed by atoms with E-state index >= 15 is 0 Å². The van der Waals surface area contributed by atoms with E-state index in [1.54, 1.807) is 13.1 Å². The molecule has 122 valence electrons. The highest BCUT2D eigenvalue weighted by Gasteiger charge is 2.31. The lowest BCUT2D eigenvalue weighted by molar-refractivity contribution is -0.137. The number of aliphatic imine (C=N–C) groups is 1. The van der Waals surface area contributed by atoms with Crippen LogP contribution in [0.5, 0.6) is 5.88 Å². The summed E-state index contributed by atoms with van der Waals surface area (Å²) in [7, 11) is 1.60. The van der Waals surface area contributed by atoms with E-state index in [0.717, 1.165) is 6.07 Å². The molecule has 1 aromatic rings. The van der Waals surface area contributed by atoms with Crippen molar-refractivity contribution in [1.82, 2.24) is 15.6 Å². The van der Waals surface area contributed by atoms with Crippen molar-refractivity contribution < 1.29 is 17.9 Å². The van der Waals surface area contributed by atoms with Gasteiger partial charge in [-0.15, -0.1) is 6.58 Å². The van der Waals surface area contributed by atoms with E-state index in [4.69, 9.17) is 16.3 Å². The Balaban J connectivity index is 2.47. The van der Waals surface area contributed by atoms with Gasteiger partial charge in [-0.2, -0.15) is 13.2 Å². The van der Waals surface area contributed by atoms with E-state index in [9.17, 15) is 13.2 Å². The van der Waals surface area contributed by atoms with Crippen molar-refractivity contribution in [1.29, 1.82) is 0 Å². The van der Waals surface area contributed by atoms with E-state index < -0.39 is 11.7 Å². The molecule has 1 aromatic heterocycles. The molecule has 0 aliphatic heterocycles. The first-order valence-electron chi connectivity index (χ1n) is 6.29. The number of hydrogen-bond acceptors (Lipinski definition) is 3. The van der Waals surface area contributed by atoms with Crippen molar-refractivity contribution in [2.45, 2.75) is 6.18 Å². The minimum Gasteiger partial charge on any atom is -0.475 e. The first-order chi connectivity index (χ1) is 10.4. The molecule has 0 unspecified atom stereocenters. The molecule has 5 nitrogen and oxygen atoms in total. The number of alkyl halides is 3. The zero-order valence-electron chi connectivity index (χ0n) is 11.9. The second kappa shape index (κ2) is 8.47. The molecule has 22 heavy (non-hydrogen) atoms. The van der Waals surface area contributed by atoms with Crippen LogP contribution in [0.3, 0.4) is 0 Å². The molecule has 0 amide bonds. The van der Waals surface area contributed by atoms with Crippen molar-refractivity contribution in [2.24, 2.45) is 4.99 Å². The summed E-state index contributed by atoms with van der Waals surface area (Å²) in [6.07, 6.45) is -2.13. The quantitative estimate of drug-likeness (QED) is 0.363. The van der Waals surface area contributed by atoms with Crippen molar-refractivity contribution in [3.05, 3.63) is 35.5 Å². The number of nitrogens with one attached hydrogen (secondary N) is 2. The highest BCUT2D eigenvalue weighted by molar-refractivity contribution is 6.31. The second-order valence-electron chi connectivity index (χ2n) is 4.03. The maximum atomic E-state index is 12.5. The van der Waals surface area contributed by atoms with Crippen LogP contribution in [0.25, 0.3) is 0 Å². The van der Waals surface area contributed by atoms with Crippen LogP contribution in [-0.2, 0) is 6.18 Å². The molecule has 9 heteroatoms. The molecule has 0 saturated carbocycles. The zero-order chi connectivity index (χ0) is 16.6. The average molecular weight is 337 g/mol. The molecule has 0 aromatic carbocycles.